The molecule has 0 saturated carbocycles. The topological polar surface area (TPSA) is 94.0 Å². The van der Waals surface area contributed by atoms with Crippen LogP contribution in [0.1, 0.15) is 17.3 Å². The highest BCUT2D eigenvalue weighted by atomic mass is 16.5. The van der Waals surface area contributed by atoms with E-state index in [1.54, 1.807) is 6.92 Å². The zero-order valence-corrected chi connectivity index (χ0v) is 11.4. The summed E-state index contributed by atoms with van der Waals surface area (Å²) in [7, 11) is 0. The van der Waals surface area contributed by atoms with Crippen LogP contribution in [0.15, 0.2) is 34.9 Å². The van der Waals surface area contributed by atoms with Gasteiger partial charge in [-0.25, -0.2) is 0 Å². The van der Waals surface area contributed by atoms with Crippen molar-refractivity contribution in [1.82, 2.24) is 15.5 Å². The Morgan fingerprint density at radius 1 is 1.40 bits per heavy atom. The molecule has 0 aliphatic heterocycles. The van der Waals surface area contributed by atoms with E-state index in [0.29, 0.717) is 31.1 Å². The van der Waals surface area contributed by atoms with E-state index in [0.717, 1.165) is 5.56 Å². The molecule has 106 valence electrons. The summed E-state index contributed by atoms with van der Waals surface area (Å²) in [6.45, 7) is 2.17. The van der Waals surface area contributed by atoms with Gasteiger partial charge in [0.25, 0.3) is 0 Å². The van der Waals surface area contributed by atoms with E-state index in [9.17, 15) is 4.79 Å². The van der Waals surface area contributed by atoms with Crippen LogP contribution in [0.25, 0.3) is 0 Å². The number of rotatable bonds is 6. The van der Waals surface area contributed by atoms with Crippen molar-refractivity contribution in [3.05, 3.63) is 47.6 Å². The first-order chi connectivity index (χ1) is 9.65. The highest BCUT2D eigenvalue weighted by Crippen LogP contribution is 2.02. The number of aromatic nitrogens is 2. The van der Waals surface area contributed by atoms with Crippen LogP contribution in [0.2, 0.25) is 0 Å². The minimum atomic E-state index is -0.551. The maximum Gasteiger partial charge on any atom is 0.237 e. The number of benzene rings is 1. The van der Waals surface area contributed by atoms with Gasteiger partial charge >= 0.3 is 0 Å². The average Bonchev–Trinajstić information content (AvgIpc) is 2.85. The second-order valence-corrected chi connectivity index (χ2v) is 4.57. The minimum Gasteiger partial charge on any atom is -0.354 e. The predicted octanol–water partition coefficient (Wildman–Crippen LogP) is 0.607. The molecule has 0 radical (unpaired) electrons. The summed E-state index contributed by atoms with van der Waals surface area (Å²) in [6, 6.07) is 9.15. The van der Waals surface area contributed by atoms with Crippen LogP contribution in [-0.2, 0) is 17.6 Å². The number of hydrogen-bond donors (Lipinski definition) is 2. The van der Waals surface area contributed by atoms with Gasteiger partial charge in [0.15, 0.2) is 5.82 Å². The molecule has 3 N–H and O–H groups in total. The molecule has 1 aromatic heterocycles. The Kier molecular flexibility index (Phi) is 4.84. The van der Waals surface area contributed by atoms with Crippen molar-refractivity contribution in [3.8, 4) is 0 Å². The Bertz CT molecular complexity index is 553. The molecule has 1 heterocycles. The molecule has 6 heteroatoms. The molecular weight excluding hydrogens is 256 g/mol. The number of nitrogens with one attached hydrogen (secondary N) is 1. The lowest BCUT2D eigenvalue weighted by molar-refractivity contribution is -0.122. The monoisotopic (exact) mass is 274 g/mol. The van der Waals surface area contributed by atoms with Crippen molar-refractivity contribution < 1.29 is 9.32 Å². The Morgan fingerprint density at radius 3 is 2.80 bits per heavy atom. The minimum absolute atomic E-state index is 0.172. The third kappa shape index (κ3) is 4.17. The summed E-state index contributed by atoms with van der Waals surface area (Å²) in [6.07, 6.45) is 1.05. The molecule has 2 aromatic rings. The van der Waals surface area contributed by atoms with Crippen molar-refractivity contribution in [2.45, 2.75) is 25.8 Å². The second-order valence-electron chi connectivity index (χ2n) is 4.57. The summed E-state index contributed by atoms with van der Waals surface area (Å²) in [4.78, 5) is 15.9. The first-order valence-corrected chi connectivity index (χ1v) is 6.51. The molecule has 6 nitrogen and oxygen atoms in total. The normalized spacial score (nSPS) is 12.1. The van der Waals surface area contributed by atoms with Crippen LogP contribution in [-0.4, -0.2) is 28.6 Å². The molecule has 1 aromatic carbocycles. The van der Waals surface area contributed by atoms with Gasteiger partial charge in [0.05, 0.1) is 6.04 Å². The lowest BCUT2D eigenvalue weighted by Gasteiger charge is -2.11. The summed E-state index contributed by atoms with van der Waals surface area (Å²) in [5.41, 5.74) is 6.92. The van der Waals surface area contributed by atoms with E-state index in [1.807, 2.05) is 30.3 Å². The standard InChI is InChI=1S/C14H18N4O2/c1-10-17-13(18-20-10)7-8-16-14(19)12(15)9-11-5-3-2-4-6-11/h2-6,12H,7-9,15H2,1H3,(H,16,19)/t12-/m0/s1. The zero-order chi connectivity index (χ0) is 14.4. The number of nitrogens with two attached hydrogens (primary N) is 1. The van der Waals surface area contributed by atoms with E-state index in [-0.39, 0.29) is 5.91 Å². The van der Waals surface area contributed by atoms with Gasteiger partial charge in [-0.15, -0.1) is 0 Å². The smallest absolute Gasteiger partial charge is 0.237 e. The van der Waals surface area contributed by atoms with Crippen LogP contribution >= 0.6 is 0 Å². The van der Waals surface area contributed by atoms with Crippen LogP contribution < -0.4 is 11.1 Å². The number of carbonyl (C=O) groups excluding carboxylic acids is 1. The number of nitrogens with zero attached hydrogens (tertiary/aromatic N) is 2. The molecule has 1 amide bonds. The van der Waals surface area contributed by atoms with Crippen molar-refractivity contribution in [1.29, 1.82) is 0 Å². The molecule has 2 rings (SSSR count). The molecular formula is C14H18N4O2. The van der Waals surface area contributed by atoms with E-state index < -0.39 is 6.04 Å². The van der Waals surface area contributed by atoms with E-state index in [1.165, 1.54) is 0 Å². The fourth-order valence-electron chi connectivity index (χ4n) is 1.83. The second kappa shape index (κ2) is 6.81. The number of carbonyl (C=O) groups is 1. The molecule has 0 bridgehead atoms. The Labute approximate surface area is 117 Å². The van der Waals surface area contributed by atoms with Gasteiger partial charge in [-0.05, 0) is 12.0 Å². The number of hydrogen-bond acceptors (Lipinski definition) is 5. The van der Waals surface area contributed by atoms with Gasteiger partial charge < -0.3 is 15.6 Å². The summed E-state index contributed by atoms with van der Waals surface area (Å²) >= 11 is 0. The average molecular weight is 274 g/mol. The van der Waals surface area contributed by atoms with Gasteiger partial charge in [0.1, 0.15) is 0 Å². The number of amides is 1. The lowest BCUT2D eigenvalue weighted by atomic mass is 10.1. The van der Waals surface area contributed by atoms with Gasteiger partial charge in [-0.1, -0.05) is 35.5 Å². The van der Waals surface area contributed by atoms with Crippen molar-refractivity contribution in [3.63, 3.8) is 0 Å². The molecule has 0 aliphatic rings. The third-order valence-corrected chi connectivity index (χ3v) is 2.85. The van der Waals surface area contributed by atoms with Crippen LogP contribution in [0, 0.1) is 6.92 Å². The summed E-state index contributed by atoms with van der Waals surface area (Å²) < 4.78 is 4.85. The maximum absolute atomic E-state index is 11.8. The maximum atomic E-state index is 11.8. The van der Waals surface area contributed by atoms with Crippen molar-refractivity contribution >= 4 is 5.91 Å². The van der Waals surface area contributed by atoms with Crippen molar-refractivity contribution in [2.75, 3.05) is 6.54 Å². The fourth-order valence-corrected chi connectivity index (χ4v) is 1.83. The van der Waals surface area contributed by atoms with Crippen LogP contribution in [0.4, 0.5) is 0 Å². The van der Waals surface area contributed by atoms with Crippen LogP contribution in [0.5, 0.6) is 0 Å². The van der Waals surface area contributed by atoms with Gasteiger partial charge in [0.2, 0.25) is 11.8 Å². The van der Waals surface area contributed by atoms with E-state index in [2.05, 4.69) is 15.5 Å². The third-order valence-electron chi connectivity index (χ3n) is 2.85. The first kappa shape index (κ1) is 14.2. The quantitative estimate of drug-likeness (QED) is 0.804. The first-order valence-electron chi connectivity index (χ1n) is 6.51. The molecule has 20 heavy (non-hydrogen) atoms. The largest absolute Gasteiger partial charge is 0.354 e. The SMILES string of the molecule is Cc1nc(CCNC(=O)[C@@H](N)Cc2ccccc2)no1. The molecule has 1 atom stereocenters. The van der Waals surface area contributed by atoms with E-state index >= 15 is 0 Å². The van der Waals surface area contributed by atoms with Gasteiger partial charge in [-0.3, -0.25) is 4.79 Å². The summed E-state index contributed by atoms with van der Waals surface area (Å²) in [5, 5.41) is 6.53. The predicted molar refractivity (Wildman–Crippen MR) is 73.9 cm³/mol. The molecule has 0 fully saturated rings. The molecule has 0 aliphatic carbocycles. The van der Waals surface area contributed by atoms with Crippen molar-refractivity contribution in [2.24, 2.45) is 5.73 Å². The molecule has 0 unspecified atom stereocenters. The summed E-state index contributed by atoms with van der Waals surface area (Å²) in [5.74, 6) is 0.931. The number of aryl methyl sites for hydroxylation is 1. The highest BCUT2D eigenvalue weighted by molar-refractivity contribution is 5.81. The van der Waals surface area contributed by atoms with Crippen LogP contribution in [0.3, 0.4) is 0 Å². The zero-order valence-electron chi connectivity index (χ0n) is 11.4. The fraction of sp³-hybridized carbons (Fsp3) is 0.357. The lowest BCUT2D eigenvalue weighted by Crippen LogP contribution is -2.42. The van der Waals surface area contributed by atoms with E-state index in [4.69, 9.17) is 10.3 Å². The van der Waals surface area contributed by atoms with Gasteiger partial charge in [0, 0.05) is 19.9 Å². The molecule has 0 saturated heterocycles. The van der Waals surface area contributed by atoms with Gasteiger partial charge in [-0.2, -0.15) is 4.98 Å². The Morgan fingerprint density at radius 2 is 2.15 bits per heavy atom. The highest BCUT2D eigenvalue weighted by Gasteiger charge is 2.13. The molecule has 0 spiro atoms. The Balaban J connectivity index is 1.74. The Hall–Kier alpha value is -2.21.